The van der Waals surface area contributed by atoms with Crippen LogP contribution in [-0.4, -0.2) is 24.2 Å². The minimum absolute atomic E-state index is 0. The van der Waals surface area contributed by atoms with Crippen LogP contribution in [0.25, 0.3) is 0 Å². The van der Waals surface area contributed by atoms with Gasteiger partial charge in [0.15, 0.2) is 0 Å². The Kier molecular flexibility index (Phi) is 6.44. The van der Waals surface area contributed by atoms with E-state index >= 15 is 0 Å². The summed E-state index contributed by atoms with van der Waals surface area (Å²) in [4.78, 5) is 11.0. The summed E-state index contributed by atoms with van der Waals surface area (Å²) in [5.74, 6) is 0.234. The number of hydrogen-bond donors (Lipinski definition) is 2. The summed E-state index contributed by atoms with van der Waals surface area (Å²) < 4.78 is 0. The molecule has 0 unspecified atom stereocenters. The lowest BCUT2D eigenvalue weighted by Crippen LogP contribution is -2.40. The molecule has 0 aromatic carbocycles. The van der Waals surface area contributed by atoms with Crippen LogP contribution < -0.4 is 5.32 Å². The third kappa shape index (κ3) is 4.43. The Morgan fingerprint density at radius 3 is 2.33 bits per heavy atom. The predicted molar refractivity (Wildman–Crippen MR) is 75.2 cm³/mol. The number of nitrogens with one attached hydrogen (secondary N) is 1. The Labute approximate surface area is 116 Å². The average molecular weight is 276 g/mol. The molecule has 3 nitrogen and oxygen atoms in total. The molecule has 2 saturated carbocycles. The number of hydrogen-bond acceptors (Lipinski definition) is 2. The van der Waals surface area contributed by atoms with Crippen LogP contribution in [-0.2, 0) is 4.79 Å². The van der Waals surface area contributed by atoms with Crippen LogP contribution in [0.5, 0.6) is 0 Å². The second kappa shape index (κ2) is 7.34. The molecule has 2 N–H and O–H groups in total. The predicted octanol–water partition coefficient (Wildman–Crippen LogP) is 3.22. The van der Waals surface area contributed by atoms with Gasteiger partial charge in [-0.25, -0.2) is 0 Å². The molecule has 2 rings (SSSR count). The summed E-state index contributed by atoms with van der Waals surface area (Å²) in [6.45, 7) is 2.01. The standard InChI is InChI=1S/C14H25NO2.ClH/c16-13(17)9-14(7-2-1-3-8-14)11-15-10-12-5-4-6-12;/h12,15H,1-11H2,(H,16,17);1H. The second-order valence-electron chi connectivity index (χ2n) is 6.06. The maximum atomic E-state index is 11.0. The zero-order valence-corrected chi connectivity index (χ0v) is 11.9. The first kappa shape index (κ1) is 15.8. The molecule has 4 heteroatoms. The molecular formula is C14H26ClNO2. The lowest BCUT2D eigenvalue weighted by Gasteiger charge is -2.37. The van der Waals surface area contributed by atoms with Gasteiger partial charge in [0.25, 0.3) is 0 Å². The van der Waals surface area contributed by atoms with Gasteiger partial charge in [-0.15, -0.1) is 12.4 Å². The molecule has 106 valence electrons. The quantitative estimate of drug-likeness (QED) is 0.782. The van der Waals surface area contributed by atoms with Crippen LogP contribution >= 0.6 is 12.4 Å². The van der Waals surface area contributed by atoms with E-state index < -0.39 is 5.97 Å². The fraction of sp³-hybridized carbons (Fsp3) is 0.929. The zero-order chi connectivity index (χ0) is 12.1. The van der Waals surface area contributed by atoms with E-state index in [0.717, 1.165) is 31.8 Å². The van der Waals surface area contributed by atoms with Crippen LogP contribution in [0.1, 0.15) is 57.8 Å². The van der Waals surface area contributed by atoms with Crippen molar-refractivity contribution in [2.24, 2.45) is 11.3 Å². The fourth-order valence-corrected chi connectivity index (χ4v) is 3.28. The van der Waals surface area contributed by atoms with Gasteiger partial charge in [0.1, 0.15) is 0 Å². The molecule has 0 atom stereocenters. The van der Waals surface area contributed by atoms with Gasteiger partial charge < -0.3 is 10.4 Å². The smallest absolute Gasteiger partial charge is 0.303 e. The van der Waals surface area contributed by atoms with Crippen LogP contribution in [0, 0.1) is 11.3 Å². The number of carboxylic acids is 1. The summed E-state index contributed by atoms with van der Waals surface area (Å²) in [5.41, 5.74) is 0.0494. The van der Waals surface area contributed by atoms with Crippen LogP contribution in [0.15, 0.2) is 0 Å². The largest absolute Gasteiger partial charge is 0.481 e. The number of aliphatic carboxylic acids is 1. The van der Waals surface area contributed by atoms with E-state index in [1.165, 1.54) is 38.5 Å². The minimum Gasteiger partial charge on any atom is -0.481 e. The van der Waals surface area contributed by atoms with E-state index in [0.29, 0.717) is 6.42 Å². The Balaban J connectivity index is 0.00000162. The van der Waals surface area contributed by atoms with Crippen LogP contribution in [0.2, 0.25) is 0 Å². The van der Waals surface area contributed by atoms with Gasteiger partial charge in [-0.2, -0.15) is 0 Å². The Bertz CT molecular complexity index is 261. The monoisotopic (exact) mass is 275 g/mol. The van der Waals surface area contributed by atoms with Crippen molar-refractivity contribution in [2.45, 2.75) is 57.8 Å². The third-order valence-electron chi connectivity index (χ3n) is 4.60. The molecule has 2 fully saturated rings. The highest BCUT2D eigenvalue weighted by Gasteiger charge is 2.34. The molecule has 0 aromatic rings. The molecule has 18 heavy (non-hydrogen) atoms. The lowest BCUT2D eigenvalue weighted by atomic mass is 9.71. The summed E-state index contributed by atoms with van der Waals surface area (Å²) in [6.07, 6.45) is 10.3. The Morgan fingerprint density at radius 1 is 1.17 bits per heavy atom. The number of rotatable bonds is 6. The van der Waals surface area contributed by atoms with Gasteiger partial charge in [0.2, 0.25) is 0 Å². The van der Waals surface area contributed by atoms with E-state index in [-0.39, 0.29) is 17.8 Å². The van der Waals surface area contributed by atoms with Crippen molar-refractivity contribution in [3.63, 3.8) is 0 Å². The maximum absolute atomic E-state index is 11.0. The Hall–Kier alpha value is -0.280. The molecule has 0 saturated heterocycles. The van der Waals surface area contributed by atoms with Crippen molar-refractivity contribution in [3.05, 3.63) is 0 Å². The van der Waals surface area contributed by atoms with Crippen LogP contribution in [0.4, 0.5) is 0 Å². The Morgan fingerprint density at radius 2 is 1.83 bits per heavy atom. The highest BCUT2D eigenvalue weighted by Crippen LogP contribution is 2.39. The lowest BCUT2D eigenvalue weighted by molar-refractivity contribution is -0.140. The molecule has 2 aliphatic rings. The zero-order valence-electron chi connectivity index (χ0n) is 11.1. The topological polar surface area (TPSA) is 49.3 Å². The van der Waals surface area contributed by atoms with Gasteiger partial charge >= 0.3 is 5.97 Å². The molecule has 0 radical (unpaired) electrons. The molecule has 0 spiro atoms. The van der Waals surface area contributed by atoms with E-state index in [1.807, 2.05) is 0 Å². The summed E-state index contributed by atoms with van der Waals surface area (Å²) in [5, 5.41) is 12.6. The van der Waals surface area contributed by atoms with Crippen molar-refractivity contribution < 1.29 is 9.90 Å². The van der Waals surface area contributed by atoms with E-state index in [4.69, 9.17) is 5.11 Å². The first-order chi connectivity index (χ1) is 8.20. The molecule has 0 bridgehead atoms. The van der Waals surface area contributed by atoms with Gasteiger partial charge in [0.05, 0.1) is 6.42 Å². The molecule has 0 aromatic heterocycles. The second-order valence-corrected chi connectivity index (χ2v) is 6.06. The van der Waals surface area contributed by atoms with E-state index in [9.17, 15) is 4.79 Å². The summed E-state index contributed by atoms with van der Waals surface area (Å²) in [6, 6.07) is 0. The van der Waals surface area contributed by atoms with Gasteiger partial charge in [-0.05, 0) is 43.6 Å². The molecule has 0 heterocycles. The molecule has 0 aliphatic heterocycles. The summed E-state index contributed by atoms with van der Waals surface area (Å²) in [7, 11) is 0. The first-order valence-electron chi connectivity index (χ1n) is 7.13. The minimum atomic E-state index is -0.627. The third-order valence-corrected chi connectivity index (χ3v) is 4.60. The number of carbonyl (C=O) groups is 1. The van der Waals surface area contributed by atoms with Gasteiger partial charge in [-0.1, -0.05) is 25.7 Å². The molecular weight excluding hydrogens is 250 g/mol. The highest BCUT2D eigenvalue weighted by molar-refractivity contribution is 5.85. The van der Waals surface area contributed by atoms with Crippen LogP contribution in [0.3, 0.4) is 0 Å². The summed E-state index contributed by atoms with van der Waals surface area (Å²) >= 11 is 0. The molecule has 0 amide bonds. The van der Waals surface area contributed by atoms with E-state index in [2.05, 4.69) is 5.32 Å². The fourth-order valence-electron chi connectivity index (χ4n) is 3.28. The normalized spacial score (nSPS) is 22.9. The average Bonchev–Trinajstić information content (AvgIpc) is 2.22. The molecule has 2 aliphatic carbocycles. The first-order valence-corrected chi connectivity index (χ1v) is 7.13. The van der Waals surface area contributed by atoms with Gasteiger partial charge in [-0.3, -0.25) is 4.79 Å². The maximum Gasteiger partial charge on any atom is 0.303 e. The highest BCUT2D eigenvalue weighted by atomic mass is 35.5. The van der Waals surface area contributed by atoms with Crippen molar-refractivity contribution >= 4 is 18.4 Å². The number of halogens is 1. The van der Waals surface area contributed by atoms with Gasteiger partial charge in [0, 0.05) is 6.54 Å². The van der Waals surface area contributed by atoms with Crippen molar-refractivity contribution in [2.75, 3.05) is 13.1 Å². The number of carboxylic acid groups (broad SMARTS) is 1. The van der Waals surface area contributed by atoms with Crippen molar-refractivity contribution in [1.82, 2.24) is 5.32 Å². The SMILES string of the molecule is Cl.O=C(O)CC1(CNCC2CCC2)CCCCC1. The van der Waals surface area contributed by atoms with E-state index in [1.54, 1.807) is 0 Å². The van der Waals surface area contributed by atoms with Crippen molar-refractivity contribution in [1.29, 1.82) is 0 Å². The van der Waals surface area contributed by atoms with Crippen molar-refractivity contribution in [3.8, 4) is 0 Å².